The predicted molar refractivity (Wildman–Crippen MR) is 89.4 cm³/mol. The molecule has 21 heavy (non-hydrogen) atoms. The van der Waals surface area contributed by atoms with Crippen LogP contribution >= 0.6 is 22.7 Å². The summed E-state index contributed by atoms with van der Waals surface area (Å²) in [6, 6.07) is 2.23. The summed E-state index contributed by atoms with van der Waals surface area (Å²) in [6.07, 6.45) is 0. The van der Waals surface area contributed by atoms with Crippen LogP contribution < -0.4 is 0 Å². The fraction of sp³-hybridized carbons (Fsp3) is 0.333. The molecule has 106 valence electrons. The quantitative estimate of drug-likeness (QED) is 0.483. The van der Waals surface area contributed by atoms with Crippen molar-refractivity contribution in [2.45, 2.75) is 34.6 Å². The van der Waals surface area contributed by atoms with Crippen LogP contribution in [0.2, 0.25) is 0 Å². The highest BCUT2D eigenvalue weighted by atomic mass is 32.1. The van der Waals surface area contributed by atoms with E-state index < -0.39 is 0 Å². The van der Waals surface area contributed by atoms with Gasteiger partial charge in [-0.2, -0.15) is 5.26 Å². The van der Waals surface area contributed by atoms with E-state index in [-0.39, 0.29) is 0 Å². The largest absolute Gasteiger partial charge is 0.566 e. The summed E-state index contributed by atoms with van der Waals surface area (Å²) in [5.74, 6) is 0.433. The number of thiophene rings is 1. The Bertz CT molecular complexity index is 765. The van der Waals surface area contributed by atoms with Crippen LogP contribution in [0.4, 0.5) is 0 Å². The van der Waals surface area contributed by atoms with Gasteiger partial charge >= 0.3 is 8.05 Å². The second-order valence-corrected chi connectivity index (χ2v) is 7.25. The van der Waals surface area contributed by atoms with Gasteiger partial charge in [0.05, 0.1) is 20.5 Å². The Morgan fingerprint density at radius 3 is 2.14 bits per heavy atom. The lowest BCUT2D eigenvalue weighted by molar-refractivity contribution is 0.576. The minimum absolute atomic E-state index is 0.433. The predicted octanol–water partition coefficient (Wildman–Crippen LogP) is 4.24. The molecule has 0 fully saturated rings. The van der Waals surface area contributed by atoms with Crippen LogP contribution in [0.5, 0.6) is 0 Å². The van der Waals surface area contributed by atoms with Gasteiger partial charge in [0.25, 0.3) is 0 Å². The molecule has 0 saturated heterocycles. The smallest absolute Gasteiger partial charge is 0.374 e. The summed E-state index contributed by atoms with van der Waals surface area (Å²) in [7, 11) is 5.49. The molecule has 2 rings (SSSR count). The molecule has 0 spiro atoms. The zero-order valence-electron chi connectivity index (χ0n) is 12.7. The van der Waals surface area contributed by atoms with Crippen LogP contribution in [0.15, 0.2) is 0 Å². The average molecular weight is 314 g/mol. The van der Waals surface area contributed by atoms with Gasteiger partial charge in [0.2, 0.25) is 0 Å². The van der Waals surface area contributed by atoms with Crippen molar-refractivity contribution < 1.29 is 4.65 Å². The van der Waals surface area contributed by atoms with Crippen molar-refractivity contribution >= 4 is 42.1 Å². The number of hydrogen-bond donors (Lipinski definition) is 0. The number of hydrogen-bond acceptors (Lipinski definition) is 5. The number of nitriles is 1. The molecule has 0 saturated carbocycles. The first kappa shape index (κ1) is 15.8. The molecule has 0 atom stereocenters. The molecule has 0 N–H and O–H groups in total. The molecule has 2 aromatic heterocycles. The Morgan fingerprint density at radius 2 is 1.76 bits per heavy atom. The molecule has 6 heteroatoms. The highest BCUT2D eigenvalue weighted by Gasteiger charge is 2.21. The summed E-state index contributed by atoms with van der Waals surface area (Å²) in [5.41, 5.74) is 3.58. The standard InChI is InChI=1S/C15H15BN2OS2/c1-7-8(2)14(20-10(7)4)13(19-16)12(6-17)15-9(3)18-11(5)21-15/h1-5H3. The maximum Gasteiger partial charge on any atom is 0.374 e. The average Bonchev–Trinajstić information content (AvgIpc) is 2.90. The first-order chi connectivity index (χ1) is 9.90. The highest BCUT2D eigenvalue weighted by Crippen LogP contribution is 2.38. The Kier molecular flexibility index (Phi) is 4.55. The van der Waals surface area contributed by atoms with E-state index in [1.807, 2.05) is 20.8 Å². The molecule has 0 aliphatic rings. The van der Waals surface area contributed by atoms with Crippen molar-refractivity contribution in [3.63, 3.8) is 0 Å². The second kappa shape index (κ2) is 6.04. The first-order valence-corrected chi connectivity index (χ1v) is 8.06. The third-order valence-electron chi connectivity index (χ3n) is 3.48. The van der Waals surface area contributed by atoms with E-state index in [2.05, 4.69) is 24.9 Å². The van der Waals surface area contributed by atoms with Crippen LogP contribution in [0.1, 0.15) is 36.5 Å². The molecule has 0 amide bonds. The number of allylic oxidation sites excluding steroid dienone is 1. The molecule has 2 heterocycles. The molecule has 0 bridgehead atoms. The van der Waals surface area contributed by atoms with Crippen LogP contribution in [-0.2, 0) is 4.65 Å². The lowest BCUT2D eigenvalue weighted by Gasteiger charge is -2.09. The van der Waals surface area contributed by atoms with Gasteiger partial charge in [-0.1, -0.05) is 0 Å². The number of thiazole rings is 1. The van der Waals surface area contributed by atoms with Gasteiger partial charge in [0.1, 0.15) is 17.4 Å². The van der Waals surface area contributed by atoms with Crippen LogP contribution in [0.3, 0.4) is 0 Å². The zero-order chi connectivity index (χ0) is 15.7. The number of aromatic nitrogens is 1. The van der Waals surface area contributed by atoms with E-state index in [1.54, 1.807) is 11.3 Å². The maximum atomic E-state index is 9.58. The number of aryl methyl sites for hydroxylation is 3. The second-order valence-electron chi connectivity index (χ2n) is 4.82. The van der Waals surface area contributed by atoms with Crippen molar-refractivity contribution in [1.29, 1.82) is 5.26 Å². The Hall–Kier alpha value is -1.58. The molecule has 2 radical (unpaired) electrons. The van der Waals surface area contributed by atoms with Crippen LogP contribution in [0, 0.1) is 45.9 Å². The van der Waals surface area contributed by atoms with Gasteiger partial charge < -0.3 is 4.65 Å². The summed E-state index contributed by atoms with van der Waals surface area (Å²) >= 11 is 3.07. The lowest BCUT2D eigenvalue weighted by Crippen LogP contribution is -1.94. The third kappa shape index (κ3) is 2.76. The van der Waals surface area contributed by atoms with E-state index in [0.29, 0.717) is 11.3 Å². The van der Waals surface area contributed by atoms with E-state index in [9.17, 15) is 5.26 Å². The van der Waals surface area contributed by atoms with E-state index in [1.165, 1.54) is 21.8 Å². The first-order valence-electron chi connectivity index (χ1n) is 6.43. The SMILES string of the molecule is [B]OC(=C(C#N)c1sc(C)nc1C)c1sc(C)c(C)c1C. The van der Waals surface area contributed by atoms with E-state index in [0.717, 1.165) is 26.0 Å². The summed E-state index contributed by atoms with van der Waals surface area (Å²) in [4.78, 5) is 7.31. The number of rotatable bonds is 3. The van der Waals surface area contributed by atoms with Gasteiger partial charge in [-0.3, -0.25) is 0 Å². The minimum atomic E-state index is 0.433. The molecule has 0 aromatic carbocycles. The zero-order valence-corrected chi connectivity index (χ0v) is 14.3. The van der Waals surface area contributed by atoms with Crippen molar-refractivity contribution in [2.75, 3.05) is 0 Å². The topological polar surface area (TPSA) is 45.9 Å². The van der Waals surface area contributed by atoms with Gasteiger partial charge in [-0.15, -0.1) is 22.7 Å². The highest BCUT2D eigenvalue weighted by molar-refractivity contribution is 7.14. The lowest BCUT2D eigenvalue weighted by atomic mass is 10.1. The van der Waals surface area contributed by atoms with E-state index in [4.69, 9.17) is 12.7 Å². The third-order valence-corrected chi connectivity index (χ3v) is 5.88. The van der Waals surface area contributed by atoms with Gasteiger partial charge in [-0.05, 0) is 45.7 Å². The summed E-state index contributed by atoms with van der Waals surface area (Å²) in [6.45, 7) is 9.95. The van der Waals surface area contributed by atoms with Crippen LogP contribution in [-0.4, -0.2) is 13.0 Å². The van der Waals surface area contributed by atoms with E-state index >= 15 is 0 Å². The van der Waals surface area contributed by atoms with Crippen LogP contribution in [0.25, 0.3) is 11.3 Å². The molecule has 0 aliphatic carbocycles. The monoisotopic (exact) mass is 314 g/mol. The van der Waals surface area contributed by atoms with Gasteiger partial charge in [0, 0.05) is 4.88 Å². The fourth-order valence-electron chi connectivity index (χ4n) is 2.15. The van der Waals surface area contributed by atoms with Crippen molar-refractivity contribution in [2.24, 2.45) is 0 Å². The summed E-state index contributed by atoms with van der Waals surface area (Å²) < 4.78 is 5.10. The fourth-order valence-corrected chi connectivity index (χ4v) is 4.22. The minimum Gasteiger partial charge on any atom is -0.566 e. The molecule has 2 aromatic rings. The van der Waals surface area contributed by atoms with Gasteiger partial charge in [0.15, 0.2) is 0 Å². The Labute approximate surface area is 134 Å². The molecule has 0 aliphatic heterocycles. The molecular weight excluding hydrogens is 299 g/mol. The Morgan fingerprint density at radius 1 is 1.10 bits per heavy atom. The summed E-state index contributed by atoms with van der Waals surface area (Å²) in [5, 5.41) is 10.5. The van der Waals surface area contributed by atoms with Crippen molar-refractivity contribution in [1.82, 2.24) is 4.98 Å². The number of nitrogens with zero attached hydrogens (tertiary/aromatic N) is 2. The van der Waals surface area contributed by atoms with Crippen molar-refractivity contribution in [3.8, 4) is 6.07 Å². The van der Waals surface area contributed by atoms with Gasteiger partial charge in [-0.25, -0.2) is 4.98 Å². The molecular formula is C15H15BN2OS2. The molecule has 0 unspecified atom stereocenters. The van der Waals surface area contributed by atoms with Crippen molar-refractivity contribution in [3.05, 3.63) is 36.5 Å². The Balaban J connectivity index is 2.73. The maximum absolute atomic E-state index is 9.58. The normalized spacial score (nSPS) is 12.0. The molecule has 3 nitrogen and oxygen atoms in total.